The second-order valence-electron chi connectivity index (χ2n) is 6.18. The van der Waals surface area contributed by atoms with Gasteiger partial charge in [-0.05, 0) is 37.6 Å². The molecule has 3 heteroatoms. The van der Waals surface area contributed by atoms with Crippen molar-refractivity contribution in [2.24, 2.45) is 11.8 Å². The van der Waals surface area contributed by atoms with Gasteiger partial charge in [0.15, 0.2) is 0 Å². The van der Waals surface area contributed by atoms with E-state index in [9.17, 15) is 4.79 Å². The number of hydrogen-bond donors (Lipinski definition) is 1. The van der Waals surface area contributed by atoms with E-state index in [0.29, 0.717) is 12.5 Å². The molecule has 0 aromatic carbocycles. The van der Waals surface area contributed by atoms with E-state index in [1.54, 1.807) is 0 Å². The molecule has 1 aliphatic carbocycles. The first kappa shape index (κ1) is 14.8. The van der Waals surface area contributed by atoms with E-state index in [0.717, 1.165) is 18.9 Å². The molecule has 1 saturated carbocycles. The number of nitrogens with one attached hydrogen (secondary N) is 1. The molecule has 3 atom stereocenters. The van der Waals surface area contributed by atoms with Crippen LogP contribution in [-0.2, 0) is 9.53 Å². The molecule has 2 aliphatic rings. The van der Waals surface area contributed by atoms with E-state index < -0.39 is 0 Å². The first-order valence-electron chi connectivity index (χ1n) is 8.23. The SMILES string of the molecule is CCCCCCCCOC(=O)C1NCC2CCCC21. The van der Waals surface area contributed by atoms with Crippen LogP contribution in [0.4, 0.5) is 0 Å². The largest absolute Gasteiger partial charge is 0.465 e. The third-order valence-electron chi connectivity index (χ3n) is 4.74. The third kappa shape index (κ3) is 4.20. The van der Waals surface area contributed by atoms with Gasteiger partial charge < -0.3 is 10.1 Å². The van der Waals surface area contributed by atoms with Crippen molar-refractivity contribution in [1.29, 1.82) is 0 Å². The Morgan fingerprint density at radius 1 is 1.16 bits per heavy atom. The Kier molecular flexibility index (Phi) is 6.15. The van der Waals surface area contributed by atoms with Gasteiger partial charge in [0.05, 0.1) is 6.61 Å². The summed E-state index contributed by atoms with van der Waals surface area (Å²) in [5, 5.41) is 3.35. The van der Waals surface area contributed by atoms with E-state index >= 15 is 0 Å². The van der Waals surface area contributed by atoms with Crippen molar-refractivity contribution >= 4 is 5.97 Å². The van der Waals surface area contributed by atoms with Crippen molar-refractivity contribution in [2.45, 2.75) is 70.8 Å². The summed E-state index contributed by atoms with van der Waals surface area (Å²) in [6.07, 6.45) is 11.2. The highest BCUT2D eigenvalue weighted by Crippen LogP contribution is 2.37. The summed E-state index contributed by atoms with van der Waals surface area (Å²) in [4.78, 5) is 12.0. The van der Waals surface area contributed by atoms with Crippen molar-refractivity contribution in [3.05, 3.63) is 0 Å². The van der Waals surface area contributed by atoms with Gasteiger partial charge in [0.25, 0.3) is 0 Å². The van der Waals surface area contributed by atoms with Crippen LogP contribution in [0.15, 0.2) is 0 Å². The molecule has 19 heavy (non-hydrogen) atoms. The van der Waals surface area contributed by atoms with Gasteiger partial charge in [-0.3, -0.25) is 4.79 Å². The summed E-state index contributed by atoms with van der Waals surface area (Å²) in [5.74, 6) is 1.28. The Balaban J connectivity index is 1.55. The van der Waals surface area contributed by atoms with Crippen molar-refractivity contribution in [3.63, 3.8) is 0 Å². The molecule has 3 unspecified atom stereocenters. The molecule has 1 saturated heterocycles. The molecule has 0 aromatic rings. The van der Waals surface area contributed by atoms with Crippen LogP contribution in [0.5, 0.6) is 0 Å². The molecule has 2 rings (SSSR count). The van der Waals surface area contributed by atoms with Crippen LogP contribution in [0.3, 0.4) is 0 Å². The minimum atomic E-state index is -0.00686. The number of rotatable bonds is 8. The van der Waals surface area contributed by atoms with Crippen molar-refractivity contribution in [1.82, 2.24) is 5.32 Å². The molecule has 1 aliphatic heterocycles. The lowest BCUT2D eigenvalue weighted by Gasteiger charge is -2.16. The Morgan fingerprint density at radius 3 is 2.79 bits per heavy atom. The van der Waals surface area contributed by atoms with Crippen molar-refractivity contribution < 1.29 is 9.53 Å². The highest BCUT2D eigenvalue weighted by atomic mass is 16.5. The fourth-order valence-corrected chi connectivity index (χ4v) is 3.59. The minimum absolute atomic E-state index is 0.00274. The smallest absolute Gasteiger partial charge is 0.323 e. The number of esters is 1. The third-order valence-corrected chi connectivity index (χ3v) is 4.74. The molecule has 0 radical (unpaired) electrons. The molecule has 2 fully saturated rings. The first-order valence-corrected chi connectivity index (χ1v) is 8.23. The van der Waals surface area contributed by atoms with Gasteiger partial charge in [0.1, 0.15) is 6.04 Å². The Labute approximate surface area is 117 Å². The zero-order chi connectivity index (χ0) is 13.5. The molecular formula is C16H29NO2. The Bertz CT molecular complexity index is 280. The number of ether oxygens (including phenoxy) is 1. The van der Waals surface area contributed by atoms with Gasteiger partial charge in [0, 0.05) is 0 Å². The summed E-state index contributed by atoms with van der Waals surface area (Å²) in [5.41, 5.74) is 0. The number of hydrogen-bond acceptors (Lipinski definition) is 3. The van der Waals surface area contributed by atoms with Crippen LogP contribution < -0.4 is 5.32 Å². The second-order valence-corrected chi connectivity index (χ2v) is 6.18. The summed E-state index contributed by atoms with van der Waals surface area (Å²) >= 11 is 0. The molecule has 3 nitrogen and oxygen atoms in total. The minimum Gasteiger partial charge on any atom is -0.465 e. The molecule has 1 N–H and O–H groups in total. The lowest BCUT2D eigenvalue weighted by Crippen LogP contribution is -2.37. The summed E-state index contributed by atoms with van der Waals surface area (Å²) < 4.78 is 5.44. The molecular weight excluding hydrogens is 238 g/mol. The van der Waals surface area contributed by atoms with Crippen molar-refractivity contribution in [3.8, 4) is 0 Å². The highest BCUT2D eigenvalue weighted by Gasteiger charge is 2.43. The van der Waals surface area contributed by atoms with E-state index in [1.165, 1.54) is 51.4 Å². The molecule has 0 aromatic heterocycles. The molecule has 0 amide bonds. The monoisotopic (exact) mass is 267 g/mol. The standard InChI is InChI=1S/C16H29NO2/c1-2-3-4-5-6-7-11-19-16(18)15-14-10-8-9-13(14)12-17-15/h13-15,17H,2-12H2,1H3. The molecule has 110 valence electrons. The van der Waals surface area contributed by atoms with E-state index in [-0.39, 0.29) is 12.0 Å². The topological polar surface area (TPSA) is 38.3 Å². The maximum absolute atomic E-state index is 12.0. The van der Waals surface area contributed by atoms with Gasteiger partial charge in [-0.1, -0.05) is 45.4 Å². The first-order chi connectivity index (χ1) is 9.33. The van der Waals surface area contributed by atoms with Crippen LogP contribution >= 0.6 is 0 Å². The highest BCUT2D eigenvalue weighted by molar-refractivity contribution is 5.76. The Hall–Kier alpha value is -0.570. The van der Waals surface area contributed by atoms with Gasteiger partial charge in [0.2, 0.25) is 0 Å². The van der Waals surface area contributed by atoms with Crippen LogP contribution in [0.1, 0.15) is 64.7 Å². The maximum Gasteiger partial charge on any atom is 0.323 e. The average Bonchev–Trinajstić information content (AvgIpc) is 2.99. The predicted molar refractivity (Wildman–Crippen MR) is 77.0 cm³/mol. The van der Waals surface area contributed by atoms with E-state index in [1.807, 2.05) is 0 Å². The summed E-state index contributed by atoms with van der Waals surface area (Å²) in [6, 6.07) is -0.00686. The number of carbonyl (C=O) groups excluding carboxylic acids is 1. The number of fused-ring (bicyclic) bond motifs is 1. The van der Waals surface area contributed by atoms with E-state index in [2.05, 4.69) is 12.2 Å². The average molecular weight is 267 g/mol. The quantitative estimate of drug-likeness (QED) is 0.542. The summed E-state index contributed by atoms with van der Waals surface area (Å²) in [7, 11) is 0. The number of carbonyl (C=O) groups is 1. The lowest BCUT2D eigenvalue weighted by atomic mass is 9.94. The summed E-state index contributed by atoms with van der Waals surface area (Å²) in [6.45, 7) is 3.86. The molecule has 0 bridgehead atoms. The van der Waals surface area contributed by atoms with Crippen molar-refractivity contribution in [2.75, 3.05) is 13.2 Å². The second kappa shape index (κ2) is 7.88. The predicted octanol–water partition coefficient (Wildman–Crippen LogP) is 3.28. The van der Waals surface area contributed by atoms with Gasteiger partial charge in [-0.25, -0.2) is 0 Å². The van der Waals surface area contributed by atoms with Gasteiger partial charge >= 0.3 is 5.97 Å². The van der Waals surface area contributed by atoms with E-state index in [4.69, 9.17) is 4.74 Å². The Morgan fingerprint density at radius 2 is 1.95 bits per heavy atom. The fraction of sp³-hybridized carbons (Fsp3) is 0.938. The number of unbranched alkanes of at least 4 members (excludes halogenated alkanes) is 5. The zero-order valence-corrected chi connectivity index (χ0v) is 12.3. The van der Waals surface area contributed by atoms with Crippen LogP contribution in [0, 0.1) is 11.8 Å². The molecule has 0 spiro atoms. The molecule has 1 heterocycles. The normalized spacial score (nSPS) is 29.4. The van der Waals surface area contributed by atoms with Crippen LogP contribution in [-0.4, -0.2) is 25.2 Å². The van der Waals surface area contributed by atoms with Gasteiger partial charge in [-0.15, -0.1) is 0 Å². The zero-order valence-electron chi connectivity index (χ0n) is 12.3. The van der Waals surface area contributed by atoms with Crippen LogP contribution in [0.25, 0.3) is 0 Å². The maximum atomic E-state index is 12.0. The lowest BCUT2D eigenvalue weighted by molar-refractivity contribution is -0.147. The fourth-order valence-electron chi connectivity index (χ4n) is 3.59. The van der Waals surface area contributed by atoms with Gasteiger partial charge in [-0.2, -0.15) is 0 Å². The van der Waals surface area contributed by atoms with Crippen LogP contribution in [0.2, 0.25) is 0 Å².